The maximum atomic E-state index is 12.8. The van der Waals surface area contributed by atoms with Crippen LogP contribution in [0, 0.1) is 11.8 Å². The highest BCUT2D eigenvalue weighted by molar-refractivity contribution is 7.92. The molecule has 0 spiro atoms. The lowest BCUT2D eigenvalue weighted by atomic mass is 9.86. The minimum Gasteiger partial charge on any atom is -0.303 e. The molecule has 1 saturated heterocycles. The summed E-state index contributed by atoms with van der Waals surface area (Å²) in [5.74, 6) is 1.64. The fraction of sp³-hybridized carbons (Fsp3) is 0.700. The van der Waals surface area contributed by atoms with Crippen LogP contribution in [0.25, 0.3) is 0 Å². The molecule has 24 heavy (non-hydrogen) atoms. The lowest BCUT2D eigenvalue weighted by molar-refractivity contribution is 0.155. The molecule has 1 aliphatic rings. The summed E-state index contributed by atoms with van der Waals surface area (Å²) in [6, 6.07) is 8.85. The minimum atomic E-state index is -3.28. The van der Waals surface area contributed by atoms with Crippen molar-refractivity contribution in [2.45, 2.75) is 63.0 Å². The molecule has 1 heterocycles. The number of sulfone groups is 1. The van der Waals surface area contributed by atoms with Crippen molar-refractivity contribution in [1.82, 2.24) is 4.90 Å². The number of nitrogens with zero attached hydrogens (tertiary/aromatic N) is 1. The van der Waals surface area contributed by atoms with E-state index in [-0.39, 0.29) is 0 Å². The number of piperidine rings is 1. The second-order valence-corrected chi connectivity index (χ2v) is 10.7. The SMILES string of the molecule is CC(C)C1CCN(CCCC(C)(C)S(=O)(=O)c2ccccc2)CC1. The van der Waals surface area contributed by atoms with E-state index in [2.05, 4.69) is 18.7 Å². The van der Waals surface area contributed by atoms with Gasteiger partial charge in [0.15, 0.2) is 9.84 Å². The topological polar surface area (TPSA) is 37.4 Å². The van der Waals surface area contributed by atoms with E-state index in [0.717, 1.165) is 37.9 Å². The monoisotopic (exact) mass is 351 g/mol. The fourth-order valence-corrected chi connectivity index (χ4v) is 5.19. The Bertz CT molecular complexity index is 600. The van der Waals surface area contributed by atoms with E-state index in [4.69, 9.17) is 0 Å². The summed E-state index contributed by atoms with van der Waals surface area (Å²) in [6.45, 7) is 11.7. The Labute approximate surface area is 148 Å². The van der Waals surface area contributed by atoms with E-state index in [9.17, 15) is 8.42 Å². The van der Waals surface area contributed by atoms with Crippen molar-refractivity contribution < 1.29 is 8.42 Å². The molecule has 4 heteroatoms. The quantitative estimate of drug-likeness (QED) is 0.731. The zero-order valence-corrected chi connectivity index (χ0v) is 16.5. The summed E-state index contributed by atoms with van der Waals surface area (Å²) in [5.41, 5.74) is 0. The van der Waals surface area contributed by atoms with Crippen molar-refractivity contribution in [2.75, 3.05) is 19.6 Å². The summed E-state index contributed by atoms with van der Waals surface area (Å²) in [6.07, 6.45) is 4.20. The molecular formula is C20H33NO2S. The molecule has 1 aliphatic heterocycles. The first kappa shape index (κ1) is 19.5. The normalized spacial score (nSPS) is 18.2. The van der Waals surface area contributed by atoms with Crippen molar-refractivity contribution in [3.63, 3.8) is 0 Å². The van der Waals surface area contributed by atoms with Crippen molar-refractivity contribution in [3.05, 3.63) is 30.3 Å². The van der Waals surface area contributed by atoms with Crippen LogP contribution in [0.1, 0.15) is 53.4 Å². The smallest absolute Gasteiger partial charge is 0.183 e. The van der Waals surface area contributed by atoms with Gasteiger partial charge in [-0.2, -0.15) is 0 Å². The van der Waals surface area contributed by atoms with Crippen LogP contribution in [0.15, 0.2) is 35.2 Å². The third-order valence-electron chi connectivity index (χ3n) is 5.61. The molecule has 0 unspecified atom stereocenters. The highest BCUT2D eigenvalue weighted by atomic mass is 32.2. The third kappa shape index (κ3) is 4.60. The summed E-state index contributed by atoms with van der Waals surface area (Å²) >= 11 is 0. The molecular weight excluding hydrogens is 318 g/mol. The molecule has 0 N–H and O–H groups in total. The first-order chi connectivity index (χ1) is 11.2. The van der Waals surface area contributed by atoms with E-state index in [1.54, 1.807) is 24.3 Å². The summed E-state index contributed by atoms with van der Waals surface area (Å²) < 4.78 is 25.0. The van der Waals surface area contributed by atoms with E-state index < -0.39 is 14.6 Å². The fourth-order valence-electron chi connectivity index (χ4n) is 3.62. The molecule has 136 valence electrons. The van der Waals surface area contributed by atoms with Gasteiger partial charge in [-0.15, -0.1) is 0 Å². The van der Waals surface area contributed by atoms with Gasteiger partial charge in [0, 0.05) is 0 Å². The minimum absolute atomic E-state index is 0.438. The maximum Gasteiger partial charge on any atom is 0.183 e. The molecule has 0 atom stereocenters. The van der Waals surface area contributed by atoms with E-state index in [1.807, 2.05) is 19.9 Å². The van der Waals surface area contributed by atoms with Crippen LogP contribution < -0.4 is 0 Å². The molecule has 0 aliphatic carbocycles. The zero-order chi connectivity index (χ0) is 17.8. The van der Waals surface area contributed by atoms with Crippen molar-refractivity contribution in [2.24, 2.45) is 11.8 Å². The second kappa shape index (κ2) is 8.01. The Balaban J connectivity index is 1.85. The van der Waals surface area contributed by atoms with Crippen LogP contribution in [-0.4, -0.2) is 37.7 Å². The van der Waals surface area contributed by atoms with Crippen LogP contribution in [0.3, 0.4) is 0 Å². The number of likely N-dealkylation sites (tertiary alicyclic amines) is 1. The molecule has 1 aromatic carbocycles. The lowest BCUT2D eigenvalue weighted by Gasteiger charge is -2.34. The van der Waals surface area contributed by atoms with Crippen molar-refractivity contribution in [3.8, 4) is 0 Å². The Morgan fingerprint density at radius 1 is 1.12 bits per heavy atom. The highest BCUT2D eigenvalue weighted by Crippen LogP contribution is 2.30. The van der Waals surface area contributed by atoms with Crippen LogP contribution in [0.4, 0.5) is 0 Å². The average molecular weight is 352 g/mol. The highest BCUT2D eigenvalue weighted by Gasteiger charge is 2.35. The zero-order valence-electron chi connectivity index (χ0n) is 15.7. The van der Waals surface area contributed by atoms with Gasteiger partial charge in [0.2, 0.25) is 0 Å². The van der Waals surface area contributed by atoms with Gasteiger partial charge in [-0.25, -0.2) is 8.42 Å². The number of hydrogen-bond acceptors (Lipinski definition) is 3. The third-order valence-corrected chi connectivity index (χ3v) is 8.16. The first-order valence-corrected chi connectivity index (χ1v) is 10.7. The number of rotatable bonds is 7. The van der Waals surface area contributed by atoms with Gasteiger partial charge in [-0.3, -0.25) is 0 Å². The maximum absolute atomic E-state index is 12.8. The molecule has 0 amide bonds. The molecule has 1 aromatic rings. The van der Waals surface area contributed by atoms with E-state index in [1.165, 1.54) is 12.8 Å². The van der Waals surface area contributed by atoms with E-state index >= 15 is 0 Å². The molecule has 0 saturated carbocycles. The Hall–Kier alpha value is -0.870. The van der Waals surface area contributed by atoms with Gasteiger partial charge in [0.05, 0.1) is 9.64 Å². The standard InChI is InChI=1S/C20H33NO2S/c1-17(2)18-11-15-21(16-12-18)14-8-13-20(3,4)24(22,23)19-9-6-5-7-10-19/h5-7,9-10,17-18H,8,11-16H2,1-4H3. The van der Waals surface area contributed by atoms with Gasteiger partial charge in [-0.05, 0) is 83.1 Å². The van der Waals surface area contributed by atoms with Gasteiger partial charge in [-0.1, -0.05) is 32.0 Å². The molecule has 0 aromatic heterocycles. The summed E-state index contributed by atoms with van der Waals surface area (Å²) in [7, 11) is -3.28. The predicted molar refractivity (Wildman–Crippen MR) is 101 cm³/mol. The Kier molecular flexibility index (Phi) is 6.49. The van der Waals surface area contributed by atoms with Gasteiger partial charge < -0.3 is 4.90 Å². The Morgan fingerprint density at radius 2 is 1.71 bits per heavy atom. The molecule has 3 nitrogen and oxygen atoms in total. The van der Waals surface area contributed by atoms with Crippen LogP contribution in [0.5, 0.6) is 0 Å². The van der Waals surface area contributed by atoms with Gasteiger partial charge >= 0.3 is 0 Å². The first-order valence-electron chi connectivity index (χ1n) is 9.26. The van der Waals surface area contributed by atoms with E-state index in [0.29, 0.717) is 11.3 Å². The van der Waals surface area contributed by atoms with Crippen LogP contribution in [0.2, 0.25) is 0 Å². The summed E-state index contributed by atoms with van der Waals surface area (Å²) in [4.78, 5) is 2.94. The van der Waals surface area contributed by atoms with Crippen LogP contribution >= 0.6 is 0 Å². The van der Waals surface area contributed by atoms with Gasteiger partial charge in [0.1, 0.15) is 0 Å². The average Bonchev–Trinajstić information content (AvgIpc) is 2.56. The van der Waals surface area contributed by atoms with Crippen molar-refractivity contribution in [1.29, 1.82) is 0 Å². The summed E-state index contributed by atoms with van der Waals surface area (Å²) in [5, 5.41) is 0. The number of hydrogen-bond donors (Lipinski definition) is 0. The lowest BCUT2D eigenvalue weighted by Crippen LogP contribution is -2.37. The van der Waals surface area contributed by atoms with Crippen LogP contribution in [-0.2, 0) is 9.84 Å². The Morgan fingerprint density at radius 3 is 2.25 bits per heavy atom. The van der Waals surface area contributed by atoms with Gasteiger partial charge in [0.25, 0.3) is 0 Å². The predicted octanol–water partition coefficient (Wildman–Crippen LogP) is 4.39. The largest absolute Gasteiger partial charge is 0.303 e. The van der Waals surface area contributed by atoms with Crippen molar-refractivity contribution >= 4 is 9.84 Å². The number of benzene rings is 1. The molecule has 1 fully saturated rings. The molecule has 0 bridgehead atoms. The molecule has 0 radical (unpaired) electrons. The molecule has 2 rings (SSSR count). The second-order valence-electron chi connectivity index (χ2n) is 8.10.